The van der Waals surface area contributed by atoms with Crippen LogP contribution in [0.1, 0.15) is 73.1 Å². The molecule has 0 bridgehead atoms. The normalized spacial score (nSPS) is 25.9. The maximum atomic E-state index is 14.4. The van der Waals surface area contributed by atoms with E-state index in [1.165, 1.54) is 12.8 Å². The van der Waals surface area contributed by atoms with Gasteiger partial charge < -0.3 is 14.2 Å². The number of likely N-dealkylation sites (tertiary alicyclic amines) is 1. The first-order chi connectivity index (χ1) is 15.1. The SMILES string of the molecule is Cc1ccc([C@H]2C[C@]23CCN(CCCCc2nnc(C4CCOCC4)n2C)C3)c(F)c1.Cl. The molecule has 1 spiro atoms. The summed E-state index contributed by atoms with van der Waals surface area (Å²) in [6.07, 6.45) is 7.77. The fraction of sp³-hybridized carbons (Fsp3) is 0.680. The Hall–Kier alpha value is -1.50. The van der Waals surface area contributed by atoms with Gasteiger partial charge >= 0.3 is 0 Å². The van der Waals surface area contributed by atoms with E-state index in [1.807, 2.05) is 13.0 Å². The highest BCUT2D eigenvalue weighted by Gasteiger charge is 2.58. The summed E-state index contributed by atoms with van der Waals surface area (Å²) in [5, 5.41) is 8.96. The van der Waals surface area contributed by atoms with Gasteiger partial charge in [0.05, 0.1) is 0 Å². The van der Waals surface area contributed by atoms with Crippen molar-refractivity contribution < 1.29 is 9.13 Å². The highest BCUT2D eigenvalue weighted by atomic mass is 35.5. The van der Waals surface area contributed by atoms with Gasteiger partial charge in [0.25, 0.3) is 0 Å². The molecule has 32 heavy (non-hydrogen) atoms. The average Bonchev–Trinajstić information content (AvgIpc) is 3.10. The van der Waals surface area contributed by atoms with Crippen LogP contribution in [-0.4, -0.2) is 52.5 Å². The average molecular weight is 463 g/mol. The van der Waals surface area contributed by atoms with Crippen LogP contribution in [0.4, 0.5) is 4.39 Å². The summed E-state index contributed by atoms with van der Waals surface area (Å²) in [4.78, 5) is 2.59. The van der Waals surface area contributed by atoms with E-state index in [0.717, 1.165) is 87.7 Å². The molecule has 2 aromatic rings. The molecule has 5 nitrogen and oxygen atoms in total. The van der Waals surface area contributed by atoms with Gasteiger partial charge in [-0.15, -0.1) is 22.6 Å². The summed E-state index contributed by atoms with van der Waals surface area (Å²) in [7, 11) is 2.11. The van der Waals surface area contributed by atoms with Crippen molar-refractivity contribution in [2.24, 2.45) is 12.5 Å². The van der Waals surface area contributed by atoms with Gasteiger partial charge in [-0.05, 0) is 87.1 Å². The van der Waals surface area contributed by atoms with Crippen molar-refractivity contribution in [1.82, 2.24) is 19.7 Å². The van der Waals surface area contributed by atoms with Crippen LogP contribution in [-0.2, 0) is 18.2 Å². The molecule has 3 heterocycles. The van der Waals surface area contributed by atoms with Gasteiger partial charge in [0.15, 0.2) is 0 Å². The maximum Gasteiger partial charge on any atom is 0.136 e. The van der Waals surface area contributed by atoms with Gasteiger partial charge in [0.1, 0.15) is 17.5 Å². The number of halogens is 2. The van der Waals surface area contributed by atoms with Crippen molar-refractivity contribution in [3.63, 3.8) is 0 Å². The number of aryl methyl sites for hydroxylation is 2. The molecule has 1 saturated carbocycles. The number of benzene rings is 1. The first kappa shape index (κ1) is 23.7. The highest BCUT2D eigenvalue weighted by molar-refractivity contribution is 5.85. The van der Waals surface area contributed by atoms with Crippen LogP contribution >= 0.6 is 12.4 Å². The number of nitrogens with zero attached hydrogens (tertiary/aromatic N) is 4. The molecule has 0 unspecified atom stereocenters. The van der Waals surface area contributed by atoms with Crippen molar-refractivity contribution in [2.45, 2.75) is 63.7 Å². The molecule has 2 saturated heterocycles. The van der Waals surface area contributed by atoms with Crippen molar-refractivity contribution in [3.05, 3.63) is 46.8 Å². The van der Waals surface area contributed by atoms with E-state index in [4.69, 9.17) is 4.74 Å². The predicted molar refractivity (Wildman–Crippen MR) is 126 cm³/mol. The maximum absolute atomic E-state index is 14.4. The van der Waals surface area contributed by atoms with Crippen LogP contribution in [0.2, 0.25) is 0 Å². The molecule has 1 aromatic heterocycles. The zero-order valence-electron chi connectivity index (χ0n) is 19.4. The van der Waals surface area contributed by atoms with Crippen LogP contribution in [0.5, 0.6) is 0 Å². The zero-order chi connectivity index (χ0) is 21.4. The lowest BCUT2D eigenvalue weighted by Crippen LogP contribution is -2.23. The molecule has 3 fully saturated rings. The highest BCUT2D eigenvalue weighted by Crippen LogP contribution is 2.64. The van der Waals surface area contributed by atoms with Crippen LogP contribution in [0.25, 0.3) is 0 Å². The van der Waals surface area contributed by atoms with E-state index in [1.54, 1.807) is 6.07 Å². The third kappa shape index (κ3) is 4.73. The lowest BCUT2D eigenvalue weighted by Gasteiger charge is -2.21. The summed E-state index contributed by atoms with van der Waals surface area (Å²) >= 11 is 0. The molecule has 7 heteroatoms. The first-order valence-electron chi connectivity index (χ1n) is 12.0. The minimum absolute atomic E-state index is 0. The molecule has 176 valence electrons. The number of rotatable bonds is 7. The van der Waals surface area contributed by atoms with E-state index < -0.39 is 0 Å². The Labute approximate surface area is 197 Å². The van der Waals surface area contributed by atoms with E-state index in [9.17, 15) is 4.39 Å². The summed E-state index contributed by atoms with van der Waals surface area (Å²) < 4.78 is 22.1. The lowest BCUT2D eigenvalue weighted by molar-refractivity contribution is 0.0829. The van der Waals surface area contributed by atoms with Crippen LogP contribution < -0.4 is 0 Å². The zero-order valence-corrected chi connectivity index (χ0v) is 20.2. The van der Waals surface area contributed by atoms with E-state index in [-0.39, 0.29) is 18.2 Å². The topological polar surface area (TPSA) is 43.2 Å². The number of hydrogen-bond acceptors (Lipinski definition) is 4. The molecule has 1 aliphatic carbocycles. The molecule has 2 atom stereocenters. The number of aromatic nitrogens is 3. The Balaban J connectivity index is 0.00000245. The van der Waals surface area contributed by atoms with Crippen molar-refractivity contribution in [2.75, 3.05) is 32.8 Å². The lowest BCUT2D eigenvalue weighted by atomic mass is 9.97. The predicted octanol–water partition coefficient (Wildman–Crippen LogP) is 4.78. The standard InChI is InChI=1S/C25H35FN4O.ClH/c1-18-6-7-20(22(26)15-18)21-16-25(21)10-12-30(17-25)11-4-3-5-23-27-28-24(29(23)2)19-8-13-31-14-9-19;/h6-7,15,19,21H,3-5,8-14,16-17H2,1-2H3;1H/t21-,25+;/m1./s1. The minimum Gasteiger partial charge on any atom is -0.381 e. The van der Waals surface area contributed by atoms with Gasteiger partial charge in [0.2, 0.25) is 0 Å². The quantitative estimate of drug-likeness (QED) is 0.555. The van der Waals surface area contributed by atoms with Crippen molar-refractivity contribution in [3.8, 4) is 0 Å². The van der Waals surface area contributed by atoms with Gasteiger partial charge in [-0.3, -0.25) is 0 Å². The Morgan fingerprint density at radius 3 is 2.78 bits per heavy atom. The molecular weight excluding hydrogens is 427 g/mol. The van der Waals surface area contributed by atoms with Gasteiger partial charge in [-0.25, -0.2) is 4.39 Å². The summed E-state index contributed by atoms with van der Waals surface area (Å²) in [5.41, 5.74) is 2.28. The number of hydrogen-bond donors (Lipinski definition) is 0. The van der Waals surface area contributed by atoms with Crippen LogP contribution in [0.15, 0.2) is 18.2 Å². The number of ether oxygens (including phenoxy) is 1. The molecule has 0 N–H and O–H groups in total. The van der Waals surface area contributed by atoms with Crippen molar-refractivity contribution in [1.29, 1.82) is 0 Å². The van der Waals surface area contributed by atoms with E-state index >= 15 is 0 Å². The summed E-state index contributed by atoms with van der Waals surface area (Å²) in [6.45, 7) is 7.04. The minimum atomic E-state index is -0.0101. The molecule has 1 aromatic carbocycles. The Kier molecular flexibility index (Phi) is 7.23. The Morgan fingerprint density at radius 2 is 2.00 bits per heavy atom. The summed E-state index contributed by atoms with van der Waals surface area (Å²) in [5.74, 6) is 3.13. The molecule has 5 rings (SSSR count). The Bertz CT molecular complexity index is 929. The second-order valence-electron chi connectivity index (χ2n) is 10.0. The summed E-state index contributed by atoms with van der Waals surface area (Å²) in [6, 6.07) is 5.76. The third-order valence-electron chi connectivity index (χ3n) is 7.90. The largest absolute Gasteiger partial charge is 0.381 e. The van der Waals surface area contributed by atoms with E-state index in [2.05, 4.69) is 32.8 Å². The molecule has 2 aliphatic heterocycles. The van der Waals surface area contributed by atoms with Crippen LogP contribution in [0, 0.1) is 18.2 Å². The second kappa shape index (κ2) is 9.78. The number of unbranched alkanes of at least 4 members (excludes halogenated alkanes) is 1. The fourth-order valence-electron chi connectivity index (χ4n) is 5.85. The molecule has 0 radical (unpaired) electrons. The Morgan fingerprint density at radius 1 is 1.19 bits per heavy atom. The van der Waals surface area contributed by atoms with Crippen LogP contribution in [0.3, 0.4) is 0 Å². The smallest absolute Gasteiger partial charge is 0.136 e. The van der Waals surface area contributed by atoms with Crippen molar-refractivity contribution >= 4 is 12.4 Å². The third-order valence-corrected chi connectivity index (χ3v) is 7.90. The fourth-order valence-corrected chi connectivity index (χ4v) is 5.85. The monoisotopic (exact) mass is 462 g/mol. The molecular formula is C25H36ClFN4O. The van der Waals surface area contributed by atoms with E-state index in [0.29, 0.717) is 17.3 Å². The second-order valence-corrected chi connectivity index (χ2v) is 10.0. The van der Waals surface area contributed by atoms with Gasteiger partial charge in [0, 0.05) is 39.1 Å². The first-order valence-corrected chi connectivity index (χ1v) is 12.0. The van der Waals surface area contributed by atoms with Gasteiger partial charge in [-0.1, -0.05) is 12.1 Å². The van der Waals surface area contributed by atoms with Gasteiger partial charge in [-0.2, -0.15) is 0 Å². The molecule has 0 amide bonds. The molecule has 3 aliphatic rings.